The molecule has 146 valence electrons. The van der Waals surface area contributed by atoms with E-state index in [4.69, 9.17) is 9.15 Å². The van der Waals surface area contributed by atoms with Gasteiger partial charge in [-0.3, -0.25) is 4.79 Å². The highest BCUT2D eigenvalue weighted by molar-refractivity contribution is 6.28. The molecule has 5 rings (SSSR count). The fourth-order valence-electron chi connectivity index (χ4n) is 3.55. The Balaban J connectivity index is 1.66. The smallest absolute Gasteiger partial charge is 0.231 e. The Bertz CT molecular complexity index is 1270. The molecule has 1 atom stereocenters. The summed E-state index contributed by atoms with van der Waals surface area (Å²) >= 11 is 0. The van der Waals surface area contributed by atoms with Crippen molar-refractivity contribution < 1.29 is 13.9 Å². The van der Waals surface area contributed by atoms with Gasteiger partial charge < -0.3 is 9.15 Å². The molecule has 0 saturated carbocycles. The molecule has 0 spiro atoms. The van der Waals surface area contributed by atoms with E-state index < -0.39 is 0 Å². The van der Waals surface area contributed by atoms with Crippen molar-refractivity contribution in [3.05, 3.63) is 108 Å². The number of fused-ring (bicyclic) bond motifs is 2. The summed E-state index contributed by atoms with van der Waals surface area (Å²) in [4.78, 5) is 18.0. The molecule has 1 aliphatic rings. The normalized spacial score (nSPS) is 16.0. The highest BCUT2D eigenvalue weighted by Gasteiger charge is 2.24. The van der Waals surface area contributed by atoms with Gasteiger partial charge in [-0.1, -0.05) is 60.7 Å². The molecule has 0 amide bonds. The van der Waals surface area contributed by atoms with Crippen LogP contribution in [0, 0.1) is 0 Å². The van der Waals surface area contributed by atoms with E-state index in [1.54, 1.807) is 12.1 Å². The molecule has 3 aromatic carbocycles. The summed E-state index contributed by atoms with van der Waals surface area (Å²) in [5, 5.41) is 0. The molecule has 1 aliphatic heterocycles. The molecule has 4 heteroatoms. The van der Waals surface area contributed by atoms with Gasteiger partial charge in [0.15, 0.2) is 11.4 Å². The number of ether oxygens (including phenoxy) is 1. The third-order valence-corrected chi connectivity index (χ3v) is 5.13. The van der Waals surface area contributed by atoms with Gasteiger partial charge in [0.25, 0.3) is 0 Å². The maximum absolute atomic E-state index is 13.4. The number of para-hydroxylation sites is 3. The molecule has 4 nitrogen and oxygen atoms in total. The van der Waals surface area contributed by atoms with Crippen LogP contribution in [0.15, 0.2) is 94.9 Å². The average Bonchev–Trinajstić information content (AvgIpc) is 3.21. The van der Waals surface area contributed by atoms with Crippen LogP contribution in [0.4, 0.5) is 0 Å². The number of rotatable bonds is 4. The number of carbonyl (C=O) groups is 1. The minimum atomic E-state index is -0.206. The summed E-state index contributed by atoms with van der Waals surface area (Å²) < 4.78 is 12.0. The van der Waals surface area contributed by atoms with Crippen molar-refractivity contribution in [3.63, 3.8) is 0 Å². The lowest BCUT2D eigenvalue weighted by Gasteiger charge is -2.23. The van der Waals surface area contributed by atoms with Crippen molar-refractivity contribution >= 4 is 28.5 Å². The van der Waals surface area contributed by atoms with Gasteiger partial charge in [0.2, 0.25) is 5.89 Å². The van der Waals surface area contributed by atoms with Crippen LogP contribution in [0.25, 0.3) is 22.7 Å². The van der Waals surface area contributed by atoms with E-state index in [1.807, 2.05) is 85.8 Å². The Morgan fingerprint density at radius 1 is 0.933 bits per heavy atom. The standard InChI is InChI=1S/C26H19NO3/c1-17-20(15-19-11-5-7-13-23(19)29-17)16-21(25(28)18-9-3-2-4-10-18)26-27-22-12-6-8-14-24(22)30-26/h2-17H,1H3. The van der Waals surface area contributed by atoms with E-state index in [0.717, 1.165) is 16.9 Å². The monoisotopic (exact) mass is 393 g/mol. The lowest BCUT2D eigenvalue weighted by Crippen LogP contribution is -2.18. The van der Waals surface area contributed by atoms with Crippen LogP contribution in [0.3, 0.4) is 0 Å². The Hall–Kier alpha value is -3.92. The summed E-state index contributed by atoms with van der Waals surface area (Å²) in [6.07, 6.45) is 3.67. The number of allylic oxidation sites excluding steroid dienone is 1. The zero-order valence-electron chi connectivity index (χ0n) is 16.4. The van der Waals surface area contributed by atoms with Gasteiger partial charge in [-0.15, -0.1) is 0 Å². The van der Waals surface area contributed by atoms with Crippen LogP contribution >= 0.6 is 0 Å². The number of oxazole rings is 1. The molecular weight excluding hydrogens is 374 g/mol. The first-order valence-electron chi connectivity index (χ1n) is 9.84. The highest BCUT2D eigenvalue weighted by atomic mass is 16.5. The van der Waals surface area contributed by atoms with E-state index in [9.17, 15) is 4.79 Å². The SMILES string of the molecule is CC1Oc2ccccc2C=C1C=C(C(=O)c1ccccc1)c1nc2ccccc2o1. The predicted molar refractivity (Wildman–Crippen MR) is 117 cm³/mol. The quantitative estimate of drug-likeness (QED) is 0.317. The summed E-state index contributed by atoms with van der Waals surface area (Å²) in [5.41, 5.74) is 4.20. The topological polar surface area (TPSA) is 52.3 Å². The fourth-order valence-corrected chi connectivity index (χ4v) is 3.55. The lowest BCUT2D eigenvalue weighted by molar-refractivity contribution is 0.105. The molecule has 4 aromatic rings. The largest absolute Gasteiger partial charge is 0.485 e. The summed E-state index contributed by atoms with van der Waals surface area (Å²) in [5.74, 6) is 0.992. The number of benzene rings is 3. The van der Waals surface area contributed by atoms with Gasteiger partial charge in [-0.2, -0.15) is 0 Å². The van der Waals surface area contributed by atoms with Gasteiger partial charge >= 0.3 is 0 Å². The molecule has 1 unspecified atom stereocenters. The minimum absolute atomic E-state index is 0.144. The summed E-state index contributed by atoms with van der Waals surface area (Å²) in [6.45, 7) is 1.97. The summed E-state index contributed by atoms with van der Waals surface area (Å²) in [7, 11) is 0. The zero-order chi connectivity index (χ0) is 20.5. The van der Waals surface area contributed by atoms with E-state index in [1.165, 1.54) is 0 Å². The molecule has 0 aliphatic carbocycles. The van der Waals surface area contributed by atoms with Gasteiger partial charge in [0.05, 0.1) is 5.57 Å². The minimum Gasteiger partial charge on any atom is -0.485 e. The van der Waals surface area contributed by atoms with Crippen LogP contribution in [-0.2, 0) is 0 Å². The van der Waals surface area contributed by atoms with E-state index in [0.29, 0.717) is 28.1 Å². The fraction of sp³-hybridized carbons (Fsp3) is 0.0769. The number of hydrogen-bond donors (Lipinski definition) is 0. The van der Waals surface area contributed by atoms with Gasteiger partial charge in [0.1, 0.15) is 17.4 Å². The van der Waals surface area contributed by atoms with Crippen LogP contribution in [-0.4, -0.2) is 16.9 Å². The number of aromatic nitrogens is 1. The van der Waals surface area contributed by atoms with Crippen molar-refractivity contribution in [3.8, 4) is 5.75 Å². The van der Waals surface area contributed by atoms with Crippen molar-refractivity contribution in [1.82, 2.24) is 4.98 Å². The van der Waals surface area contributed by atoms with Gasteiger partial charge in [-0.05, 0) is 42.8 Å². The maximum atomic E-state index is 13.4. The van der Waals surface area contributed by atoms with Crippen molar-refractivity contribution in [2.75, 3.05) is 0 Å². The van der Waals surface area contributed by atoms with Crippen LogP contribution in [0.5, 0.6) is 5.75 Å². The van der Waals surface area contributed by atoms with Gasteiger partial charge in [0, 0.05) is 11.1 Å². The lowest BCUT2D eigenvalue weighted by atomic mass is 9.96. The first-order valence-corrected chi connectivity index (χ1v) is 9.84. The Morgan fingerprint density at radius 2 is 1.67 bits per heavy atom. The zero-order valence-corrected chi connectivity index (χ0v) is 16.4. The molecule has 0 radical (unpaired) electrons. The van der Waals surface area contributed by atoms with Crippen molar-refractivity contribution in [2.45, 2.75) is 13.0 Å². The van der Waals surface area contributed by atoms with Crippen LogP contribution in [0.2, 0.25) is 0 Å². The summed E-state index contributed by atoms with van der Waals surface area (Å²) in [6, 6.07) is 24.5. The predicted octanol–water partition coefficient (Wildman–Crippen LogP) is 5.96. The molecule has 30 heavy (non-hydrogen) atoms. The van der Waals surface area contributed by atoms with E-state index >= 15 is 0 Å². The average molecular weight is 393 g/mol. The molecule has 0 N–H and O–H groups in total. The van der Waals surface area contributed by atoms with Crippen molar-refractivity contribution in [2.24, 2.45) is 0 Å². The Labute approximate surface area is 174 Å². The first-order chi connectivity index (χ1) is 14.7. The number of nitrogens with zero attached hydrogens (tertiary/aromatic N) is 1. The Kier molecular flexibility index (Phi) is 4.52. The van der Waals surface area contributed by atoms with E-state index in [-0.39, 0.29) is 11.9 Å². The molecule has 0 fully saturated rings. The van der Waals surface area contributed by atoms with Crippen LogP contribution < -0.4 is 4.74 Å². The molecule has 1 aromatic heterocycles. The number of Topliss-reactive ketones (excluding diaryl/α,β-unsaturated/α-hetero) is 1. The number of carbonyl (C=O) groups excluding carboxylic acids is 1. The second-order valence-electron chi connectivity index (χ2n) is 7.18. The first kappa shape index (κ1) is 18.1. The molecule has 0 bridgehead atoms. The second kappa shape index (κ2) is 7.48. The van der Waals surface area contributed by atoms with Crippen molar-refractivity contribution in [1.29, 1.82) is 0 Å². The van der Waals surface area contributed by atoms with Gasteiger partial charge in [-0.25, -0.2) is 4.98 Å². The second-order valence-corrected chi connectivity index (χ2v) is 7.18. The maximum Gasteiger partial charge on any atom is 0.231 e. The third-order valence-electron chi connectivity index (χ3n) is 5.13. The molecular formula is C26H19NO3. The molecule has 0 saturated heterocycles. The Morgan fingerprint density at radius 3 is 2.50 bits per heavy atom. The van der Waals surface area contributed by atoms with E-state index in [2.05, 4.69) is 4.98 Å². The number of ketones is 1. The molecule has 2 heterocycles. The van der Waals surface area contributed by atoms with Crippen LogP contribution in [0.1, 0.15) is 28.7 Å². The highest BCUT2D eigenvalue weighted by Crippen LogP contribution is 2.32. The number of hydrogen-bond acceptors (Lipinski definition) is 4. The third kappa shape index (κ3) is 3.33.